The topological polar surface area (TPSA) is 87.1 Å². The lowest BCUT2D eigenvalue weighted by Crippen LogP contribution is -2.36. The molecule has 18 heavy (non-hydrogen) atoms. The average Bonchev–Trinajstić information content (AvgIpc) is 2.23. The highest BCUT2D eigenvalue weighted by molar-refractivity contribution is 5.81. The van der Waals surface area contributed by atoms with E-state index in [1.807, 2.05) is 0 Å². The van der Waals surface area contributed by atoms with E-state index in [9.17, 15) is 9.59 Å². The van der Waals surface area contributed by atoms with Gasteiger partial charge in [0.25, 0.3) is 0 Å². The van der Waals surface area contributed by atoms with Gasteiger partial charge in [0, 0.05) is 19.5 Å². The molecule has 0 aliphatic carbocycles. The lowest BCUT2D eigenvalue weighted by molar-refractivity contribution is -0.156. The van der Waals surface area contributed by atoms with Crippen molar-refractivity contribution in [2.75, 3.05) is 26.3 Å². The van der Waals surface area contributed by atoms with Gasteiger partial charge in [0.15, 0.2) is 0 Å². The fourth-order valence-electron chi connectivity index (χ4n) is 1.36. The van der Waals surface area contributed by atoms with Crippen molar-refractivity contribution in [2.45, 2.75) is 39.2 Å². The second-order valence-electron chi connectivity index (χ2n) is 4.91. The molecule has 0 aromatic rings. The quantitative estimate of drug-likeness (QED) is 0.626. The van der Waals surface area contributed by atoms with E-state index in [4.69, 9.17) is 14.9 Å². The van der Waals surface area contributed by atoms with Gasteiger partial charge in [0.2, 0.25) is 5.91 Å². The molecule has 0 aliphatic heterocycles. The minimum Gasteiger partial charge on any atom is -0.460 e. The van der Waals surface area contributed by atoms with Gasteiger partial charge in [-0.05, 0) is 20.8 Å². The first-order valence-electron chi connectivity index (χ1n) is 6.01. The van der Waals surface area contributed by atoms with Crippen LogP contribution in [0.3, 0.4) is 0 Å². The lowest BCUT2D eigenvalue weighted by Gasteiger charge is -2.22. The molecule has 0 heterocycles. The molecule has 0 bridgehead atoms. The lowest BCUT2D eigenvalue weighted by atomic mass is 10.2. The molecule has 0 fully saturated rings. The molecule has 6 heteroatoms. The number of amides is 1. The Kier molecular flexibility index (Phi) is 7.54. The van der Waals surface area contributed by atoms with E-state index in [-0.39, 0.29) is 45.1 Å². The summed E-state index contributed by atoms with van der Waals surface area (Å²) in [5.41, 5.74) is -0.560. The molecule has 2 N–H and O–H groups in total. The van der Waals surface area contributed by atoms with Crippen LogP contribution in [0.4, 0.5) is 0 Å². The Morgan fingerprint density at radius 3 is 1.94 bits per heavy atom. The largest absolute Gasteiger partial charge is 0.460 e. The third-order valence-electron chi connectivity index (χ3n) is 2.06. The number of rotatable bonds is 7. The molecule has 0 aromatic heterocycles. The van der Waals surface area contributed by atoms with Crippen LogP contribution in [-0.4, -0.2) is 58.9 Å². The SMILES string of the molecule is CC(C)(C)OC(=O)CCC(=O)N(CCO)CCO. The fourth-order valence-corrected chi connectivity index (χ4v) is 1.36. The van der Waals surface area contributed by atoms with Crippen molar-refractivity contribution in [3.8, 4) is 0 Å². The maximum atomic E-state index is 11.7. The van der Waals surface area contributed by atoms with Gasteiger partial charge < -0.3 is 19.8 Å². The summed E-state index contributed by atoms with van der Waals surface area (Å²) in [6.45, 7) is 5.27. The van der Waals surface area contributed by atoms with Gasteiger partial charge in [0.05, 0.1) is 19.6 Å². The standard InChI is InChI=1S/C12H23NO5/c1-12(2,3)18-11(17)5-4-10(16)13(6-8-14)7-9-15/h14-15H,4-9H2,1-3H3. The number of nitrogens with zero attached hydrogens (tertiary/aromatic N) is 1. The summed E-state index contributed by atoms with van der Waals surface area (Å²) < 4.78 is 5.08. The first-order valence-corrected chi connectivity index (χ1v) is 6.01. The number of aliphatic hydroxyl groups excluding tert-OH is 2. The maximum Gasteiger partial charge on any atom is 0.306 e. The molecule has 0 radical (unpaired) electrons. The number of hydrogen-bond donors (Lipinski definition) is 2. The Bertz CT molecular complexity index is 266. The first kappa shape index (κ1) is 16.9. The average molecular weight is 261 g/mol. The van der Waals surface area contributed by atoms with E-state index in [1.165, 1.54) is 4.90 Å². The van der Waals surface area contributed by atoms with E-state index in [1.54, 1.807) is 20.8 Å². The Morgan fingerprint density at radius 1 is 1.06 bits per heavy atom. The number of esters is 1. The molecule has 0 saturated carbocycles. The predicted molar refractivity (Wildman–Crippen MR) is 65.8 cm³/mol. The van der Waals surface area contributed by atoms with Crippen LogP contribution in [0.2, 0.25) is 0 Å². The summed E-state index contributed by atoms with van der Waals surface area (Å²) in [6.07, 6.45) is 0.0262. The third kappa shape index (κ3) is 8.03. The van der Waals surface area contributed by atoms with E-state index >= 15 is 0 Å². The zero-order chi connectivity index (χ0) is 14.2. The molecule has 0 rings (SSSR count). The number of carbonyl (C=O) groups excluding carboxylic acids is 2. The van der Waals surface area contributed by atoms with Gasteiger partial charge in [0.1, 0.15) is 5.60 Å². The Hall–Kier alpha value is -1.14. The summed E-state index contributed by atoms with van der Waals surface area (Å²) >= 11 is 0. The number of hydrogen-bond acceptors (Lipinski definition) is 5. The van der Waals surface area contributed by atoms with Gasteiger partial charge in [-0.3, -0.25) is 9.59 Å². The molecule has 1 amide bonds. The number of carbonyl (C=O) groups is 2. The minimum atomic E-state index is -0.560. The minimum absolute atomic E-state index is 0.00343. The van der Waals surface area contributed by atoms with Crippen molar-refractivity contribution < 1.29 is 24.5 Å². The van der Waals surface area contributed by atoms with Gasteiger partial charge in [-0.1, -0.05) is 0 Å². The van der Waals surface area contributed by atoms with Crippen molar-refractivity contribution in [1.82, 2.24) is 4.90 Å². The van der Waals surface area contributed by atoms with Gasteiger partial charge in [-0.15, -0.1) is 0 Å². The van der Waals surface area contributed by atoms with Crippen molar-refractivity contribution >= 4 is 11.9 Å². The third-order valence-corrected chi connectivity index (χ3v) is 2.06. The van der Waals surface area contributed by atoms with E-state index < -0.39 is 11.6 Å². The predicted octanol–water partition coefficient (Wildman–Crippen LogP) is -0.0785. The zero-order valence-electron chi connectivity index (χ0n) is 11.3. The van der Waals surface area contributed by atoms with Crippen molar-refractivity contribution in [3.63, 3.8) is 0 Å². The van der Waals surface area contributed by atoms with Crippen LogP contribution in [-0.2, 0) is 14.3 Å². The van der Waals surface area contributed by atoms with Crippen LogP contribution < -0.4 is 0 Å². The number of aliphatic hydroxyl groups is 2. The molecule has 0 saturated heterocycles. The normalized spacial score (nSPS) is 11.2. The van der Waals surface area contributed by atoms with Crippen molar-refractivity contribution in [3.05, 3.63) is 0 Å². The fraction of sp³-hybridized carbons (Fsp3) is 0.833. The van der Waals surface area contributed by atoms with Crippen LogP contribution in [0.25, 0.3) is 0 Å². The molecule has 0 spiro atoms. The molecule has 0 unspecified atom stereocenters. The van der Waals surface area contributed by atoms with E-state index in [0.717, 1.165) is 0 Å². The molecule has 0 atom stereocenters. The number of ether oxygens (including phenoxy) is 1. The molecular weight excluding hydrogens is 238 g/mol. The van der Waals surface area contributed by atoms with Crippen molar-refractivity contribution in [1.29, 1.82) is 0 Å². The Morgan fingerprint density at radius 2 is 1.56 bits per heavy atom. The monoisotopic (exact) mass is 261 g/mol. The van der Waals surface area contributed by atoms with Crippen molar-refractivity contribution in [2.24, 2.45) is 0 Å². The van der Waals surface area contributed by atoms with Gasteiger partial charge >= 0.3 is 5.97 Å². The highest BCUT2D eigenvalue weighted by Gasteiger charge is 2.19. The van der Waals surface area contributed by atoms with Crippen LogP contribution in [0.15, 0.2) is 0 Å². The Balaban J connectivity index is 4.10. The maximum absolute atomic E-state index is 11.7. The molecule has 6 nitrogen and oxygen atoms in total. The molecular formula is C12H23NO5. The van der Waals surface area contributed by atoms with E-state index in [0.29, 0.717) is 0 Å². The highest BCUT2D eigenvalue weighted by Crippen LogP contribution is 2.09. The van der Waals surface area contributed by atoms with Crippen LogP contribution in [0.1, 0.15) is 33.6 Å². The Labute approximate surface area is 108 Å². The second kappa shape index (κ2) is 8.05. The van der Waals surface area contributed by atoms with Gasteiger partial charge in [-0.2, -0.15) is 0 Å². The summed E-state index contributed by atoms with van der Waals surface area (Å²) in [6, 6.07) is 0. The van der Waals surface area contributed by atoms with Gasteiger partial charge in [-0.25, -0.2) is 0 Å². The molecule has 106 valence electrons. The molecule has 0 aromatic carbocycles. The van der Waals surface area contributed by atoms with Crippen LogP contribution >= 0.6 is 0 Å². The second-order valence-corrected chi connectivity index (χ2v) is 4.91. The summed E-state index contributed by atoms with van der Waals surface area (Å²) in [5.74, 6) is -0.701. The molecule has 0 aliphatic rings. The van der Waals surface area contributed by atoms with E-state index in [2.05, 4.69) is 0 Å². The van der Waals surface area contributed by atoms with Crippen LogP contribution in [0.5, 0.6) is 0 Å². The smallest absolute Gasteiger partial charge is 0.306 e. The summed E-state index contributed by atoms with van der Waals surface area (Å²) in [7, 11) is 0. The highest BCUT2D eigenvalue weighted by atomic mass is 16.6. The summed E-state index contributed by atoms with van der Waals surface area (Å²) in [4.78, 5) is 24.4. The first-order chi connectivity index (χ1) is 8.30. The van der Waals surface area contributed by atoms with Crippen LogP contribution in [0, 0.1) is 0 Å². The zero-order valence-corrected chi connectivity index (χ0v) is 11.3. The summed E-state index contributed by atoms with van der Waals surface area (Å²) in [5, 5.41) is 17.6.